The van der Waals surface area contributed by atoms with E-state index in [-0.39, 0.29) is 5.91 Å². The minimum absolute atomic E-state index is 0.187. The lowest BCUT2D eigenvalue weighted by Gasteiger charge is -2.11. The molecule has 5 heteroatoms. The van der Waals surface area contributed by atoms with Crippen molar-refractivity contribution in [3.63, 3.8) is 0 Å². The average molecular weight is 384 g/mol. The van der Waals surface area contributed by atoms with Gasteiger partial charge in [0.2, 0.25) is 0 Å². The highest BCUT2D eigenvalue weighted by molar-refractivity contribution is 6.37. The monoisotopic (exact) mass is 384 g/mol. The highest BCUT2D eigenvalue weighted by atomic mass is 16.5. The zero-order valence-corrected chi connectivity index (χ0v) is 16.2. The Morgan fingerprint density at radius 1 is 0.862 bits per heavy atom. The van der Waals surface area contributed by atoms with Crippen LogP contribution in [0.15, 0.2) is 89.5 Å². The number of anilines is 1. The standard InChI is InChI=1S/C24H20N2O3/c1-28-20-14-13-18(22(16-20)29-2)15-21-23(17-9-5-3-6-10-17)25-26(24(21)27)19-11-7-4-8-12-19/h3-16H,1-2H3/b21-15+. The molecule has 1 amide bonds. The first-order valence-corrected chi connectivity index (χ1v) is 9.19. The van der Waals surface area contributed by atoms with Crippen molar-refractivity contribution >= 4 is 23.4 Å². The van der Waals surface area contributed by atoms with E-state index in [1.807, 2.05) is 78.9 Å². The molecule has 0 radical (unpaired) electrons. The summed E-state index contributed by atoms with van der Waals surface area (Å²) in [4.78, 5) is 13.3. The molecular formula is C24H20N2O3. The van der Waals surface area contributed by atoms with Crippen LogP contribution in [0.2, 0.25) is 0 Å². The second-order valence-electron chi connectivity index (χ2n) is 6.43. The quantitative estimate of drug-likeness (QED) is 0.607. The van der Waals surface area contributed by atoms with Crippen molar-refractivity contribution in [2.45, 2.75) is 0 Å². The first-order valence-electron chi connectivity index (χ1n) is 9.19. The predicted molar refractivity (Wildman–Crippen MR) is 114 cm³/mol. The van der Waals surface area contributed by atoms with Gasteiger partial charge in [0.1, 0.15) is 17.2 Å². The molecule has 3 aromatic carbocycles. The smallest absolute Gasteiger partial charge is 0.281 e. The maximum absolute atomic E-state index is 13.3. The summed E-state index contributed by atoms with van der Waals surface area (Å²) in [5.74, 6) is 1.12. The Hall–Kier alpha value is -3.86. The molecule has 0 unspecified atom stereocenters. The lowest BCUT2D eigenvalue weighted by Crippen LogP contribution is -2.21. The lowest BCUT2D eigenvalue weighted by atomic mass is 10.00. The van der Waals surface area contributed by atoms with Gasteiger partial charge in [-0.15, -0.1) is 0 Å². The van der Waals surface area contributed by atoms with Crippen molar-refractivity contribution in [1.82, 2.24) is 0 Å². The van der Waals surface area contributed by atoms with Gasteiger partial charge in [-0.2, -0.15) is 10.1 Å². The van der Waals surface area contributed by atoms with Gasteiger partial charge in [-0.05, 0) is 30.3 Å². The number of hydrogen-bond donors (Lipinski definition) is 0. The number of hydrogen-bond acceptors (Lipinski definition) is 4. The molecule has 0 N–H and O–H groups in total. The number of methoxy groups -OCH3 is 2. The van der Waals surface area contributed by atoms with Gasteiger partial charge >= 0.3 is 0 Å². The summed E-state index contributed by atoms with van der Waals surface area (Å²) >= 11 is 0. The number of nitrogens with zero attached hydrogens (tertiary/aromatic N) is 2. The van der Waals surface area contributed by atoms with Gasteiger partial charge in [0, 0.05) is 17.2 Å². The van der Waals surface area contributed by atoms with Gasteiger partial charge in [0.05, 0.1) is 25.5 Å². The Bertz CT molecular complexity index is 1090. The highest BCUT2D eigenvalue weighted by Crippen LogP contribution is 2.31. The van der Waals surface area contributed by atoms with Crippen LogP contribution in [0, 0.1) is 0 Å². The Morgan fingerprint density at radius 2 is 1.55 bits per heavy atom. The minimum Gasteiger partial charge on any atom is -0.497 e. The number of hydrazone groups is 1. The van der Waals surface area contributed by atoms with Crippen LogP contribution in [0.3, 0.4) is 0 Å². The maximum atomic E-state index is 13.3. The summed E-state index contributed by atoms with van der Waals surface area (Å²) in [6.07, 6.45) is 1.81. The zero-order chi connectivity index (χ0) is 20.2. The van der Waals surface area contributed by atoms with Crippen LogP contribution in [0.1, 0.15) is 11.1 Å². The van der Waals surface area contributed by atoms with Crippen molar-refractivity contribution < 1.29 is 14.3 Å². The molecule has 0 aromatic heterocycles. The normalized spacial score (nSPS) is 14.8. The molecule has 144 valence electrons. The van der Waals surface area contributed by atoms with Crippen LogP contribution in [0.5, 0.6) is 11.5 Å². The Balaban J connectivity index is 1.84. The van der Waals surface area contributed by atoms with E-state index in [0.29, 0.717) is 22.8 Å². The number of carbonyl (C=O) groups excluding carboxylic acids is 1. The Kier molecular flexibility index (Phi) is 5.12. The van der Waals surface area contributed by atoms with Crippen LogP contribution < -0.4 is 14.5 Å². The number of ether oxygens (including phenoxy) is 2. The number of rotatable bonds is 5. The first kappa shape index (κ1) is 18.5. The fraction of sp³-hybridized carbons (Fsp3) is 0.0833. The molecular weight excluding hydrogens is 364 g/mol. The lowest BCUT2D eigenvalue weighted by molar-refractivity contribution is -0.114. The summed E-state index contributed by atoms with van der Waals surface area (Å²) in [5.41, 5.74) is 3.49. The van der Waals surface area contributed by atoms with Gasteiger partial charge in [-0.1, -0.05) is 48.5 Å². The van der Waals surface area contributed by atoms with Crippen molar-refractivity contribution in [3.05, 3.63) is 95.6 Å². The van der Waals surface area contributed by atoms with Crippen LogP contribution in [-0.2, 0) is 4.79 Å². The third-order valence-corrected chi connectivity index (χ3v) is 4.67. The molecule has 1 heterocycles. The van der Waals surface area contributed by atoms with Crippen molar-refractivity contribution in [2.24, 2.45) is 5.10 Å². The van der Waals surface area contributed by atoms with Gasteiger partial charge in [-0.25, -0.2) is 0 Å². The molecule has 0 bridgehead atoms. The van der Waals surface area contributed by atoms with E-state index in [0.717, 1.165) is 16.8 Å². The van der Waals surface area contributed by atoms with Gasteiger partial charge in [-0.3, -0.25) is 4.79 Å². The second kappa shape index (κ2) is 8.02. The molecule has 0 aliphatic carbocycles. The average Bonchev–Trinajstić information content (AvgIpc) is 3.11. The van der Waals surface area contributed by atoms with Crippen molar-refractivity contribution in [2.75, 3.05) is 19.2 Å². The van der Waals surface area contributed by atoms with E-state index < -0.39 is 0 Å². The first-order chi connectivity index (χ1) is 14.2. The van der Waals surface area contributed by atoms with E-state index in [2.05, 4.69) is 5.10 Å². The summed E-state index contributed by atoms with van der Waals surface area (Å²) in [6.45, 7) is 0. The summed E-state index contributed by atoms with van der Waals surface area (Å²) in [5, 5.41) is 6.08. The molecule has 0 spiro atoms. The Labute approximate surface area is 169 Å². The summed E-state index contributed by atoms with van der Waals surface area (Å²) in [7, 11) is 3.20. The van der Waals surface area contributed by atoms with Crippen LogP contribution in [0.25, 0.3) is 6.08 Å². The van der Waals surface area contributed by atoms with Crippen molar-refractivity contribution in [3.8, 4) is 11.5 Å². The molecule has 3 aromatic rings. The van der Waals surface area contributed by atoms with Gasteiger partial charge in [0.15, 0.2) is 0 Å². The van der Waals surface area contributed by atoms with Crippen molar-refractivity contribution in [1.29, 1.82) is 0 Å². The SMILES string of the molecule is COc1ccc(/C=C2/C(=O)N(c3ccccc3)N=C2c2ccccc2)c(OC)c1. The fourth-order valence-electron chi connectivity index (χ4n) is 3.19. The third kappa shape index (κ3) is 3.62. The molecule has 29 heavy (non-hydrogen) atoms. The van der Waals surface area contributed by atoms with Crippen LogP contribution >= 0.6 is 0 Å². The predicted octanol–water partition coefficient (Wildman–Crippen LogP) is 4.54. The number of para-hydroxylation sites is 1. The maximum Gasteiger partial charge on any atom is 0.281 e. The number of amides is 1. The topological polar surface area (TPSA) is 51.1 Å². The van der Waals surface area contributed by atoms with E-state index in [9.17, 15) is 4.79 Å². The van der Waals surface area contributed by atoms with Crippen LogP contribution in [-0.4, -0.2) is 25.8 Å². The summed E-state index contributed by atoms with van der Waals surface area (Å²) in [6, 6.07) is 24.6. The number of carbonyl (C=O) groups is 1. The molecule has 0 fully saturated rings. The molecule has 0 saturated carbocycles. The third-order valence-electron chi connectivity index (χ3n) is 4.67. The largest absolute Gasteiger partial charge is 0.497 e. The van der Waals surface area contributed by atoms with E-state index in [1.165, 1.54) is 5.01 Å². The Morgan fingerprint density at radius 3 is 2.21 bits per heavy atom. The zero-order valence-electron chi connectivity index (χ0n) is 16.2. The van der Waals surface area contributed by atoms with Gasteiger partial charge in [0.25, 0.3) is 5.91 Å². The minimum atomic E-state index is -0.187. The van der Waals surface area contributed by atoms with Crippen LogP contribution in [0.4, 0.5) is 5.69 Å². The van der Waals surface area contributed by atoms with Gasteiger partial charge < -0.3 is 9.47 Å². The molecule has 0 atom stereocenters. The fourth-order valence-corrected chi connectivity index (χ4v) is 3.19. The van der Waals surface area contributed by atoms with E-state index in [1.54, 1.807) is 20.3 Å². The number of benzene rings is 3. The molecule has 4 rings (SSSR count). The molecule has 1 aliphatic rings. The molecule has 5 nitrogen and oxygen atoms in total. The second-order valence-corrected chi connectivity index (χ2v) is 6.43. The molecule has 0 saturated heterocycles. The summed E-state index contributed by atoms with van der Waals surface area (Å²) < 4.78 is 10.8. The molecule has 1 aliphatic heterocycles. The highest BCUT2D eigenvalue weighted by Gasteiger charge is 2.32. The van der Waals surface area contributed by atoms with E-state index >= 15 is 0 Å². The van der Waals surface area contributed by atoms with E-state index in [4.69, 9.17) is 9.47 Å².